The number of hydrogen-bond donors (Lipinski definition) is 1. The highest BCUT2D eigenvalue weighted by Gasteiger charge is 1.92. The van der Waals surface area contributed by atoms with Crippen LogP contribution in [0.4, 0.5) is 5.69 Å². The van der Waals surface area contributed by atoms with Crippen LogP contribution in [0.15, 0.2) is 29.1 Å². The summed E-state index contributed by atoms with van der Waals surface area (Å²) in [6.45, 7) is 0. The molecule has 3 nitrogen and oxygen atoms in total. The van der Waals surface area contributed by atoms with Gasteiger partial charge in [0.1, 0.15) is 5.75 Å². The van der Waals surface area contributed by atoms with Crippen LogP contribution in [-0.4, -0.2) is 7.11 Å². The predicted molar refractivity (Wildman–Crippen MR) is 43.7 cm³/mol. The van der Waals surface area contributed by atoms with E-state index in [1.165, 1.54) is 19.2 Å². The molecule has 0 saturated carbocycles. The number of anilines is 1. The Morgan fingerprint density at radius 2 is 2.18 bits per heavy atom. The van der Waals surface area contributed by atoms with Gasteiger partial charge in [0, 0.05) is 6.07 Å². The van der Waals surface area contributed by atoms with Gasteiger partial charge in [-0.15, -0.1) is 0 Å². The van der Waals surface area contributed by atoms with Crippen LogP contribution in [0, 0.1) is 0 Å². The Labute approximate surface area is 64.4 Å². The van der Waals surface area contributed by atoms with Crippen LogP contribution >= 0.6 is 0 Å². The number of rotatable bonds is 1. The fraction of sp³-hybridized carbons (Fsp3) is 0.125. The van der Waals surface area contributed by atoms with Gasteiger partial charge in [0.15, 0.2) is 0 Å². The molecule has 0 atom stereocenters. The minimum atomic E-state index is -0.187. The molecule has 1 aromatic rings. The first-order valence-electron chi connectivity index (χ1n) is 3.18. The SMILES string of the molecule is COc1cccc(=O)c(N)c1. The Kier molecular flexibility index (Phi) is 2.11. The molecular formula is C8H9NO2. The van der Waals surface area contributed by atoms with Crippen molar-refractivity contribution >= 4 is 5.69 Å². The summed E-state index contributed by atoms with van der Waals surface area (Å²) in [5.41, 5.74) is 5.40. The van der Waals surface area contributed by atoms with Crippen molar-refractivity contribution in [3.05, 3.63) is 34.5 Å². The van der Waals surface area contributed by atoms with Crippen molar-refractivity contribution in [2.45, 2.75) is 0 Å². The first kappa shape index (κ1) is 7.60. The van der Waals surface area contributed by atoms with Crippen LogP contribution in [0.3, 0.4) is 0 Å². The number of nitrogens with two attached hydrogens (primary N) is 1. The maximum atomic E-state index is 10.9. The molecule has 0 fully saturated rings. The minimum Gasteiger partial charge on any atom is -0.497 e. The average Bonchev–Trinajstić information content (AvgIpc) is 2.15. The number of methoxy groups -OCH3 is 1. The smallest absolute Gasteiger partial charge is 0.201 e. The summed E-state index contributed by atoms with van der Waals surface area (Å²) < 4.78 is 4.89. The van der Waals surface area contributed by atoms with Crippen molar-refractivity contribution in [2.75, 3.05) is 12.8 Å². The highest BCUT2D eigenvalue weighted by atomic mass is 16.5. The minimum absolute atomic E-state index is 0.187. The van der Waals surface area contributed by atoms with Gasteiger partial charge in [-0.1, -0.05) is 6.07 Å². The average molecular weight is 151 g/mol. The molecule has 0 aliphatic rings. The normalized spacial score (nSPS) is 9.18. The second-order valence-electron chi connectivity index (χ2n) is 2.10. The Morgan fingerprint density at radius 1 is 1.45 bits per heavy atom. The number of nitrogen functional groups attached to an aromatic ring is 1. The van der Waals surface area contributed by atoms with Crippen molar-refractivity contribution in [2.24, 2.45) is 0 Å². The first-order chi connectivity index (χ1) is 5.24. The lowest BCUT2D eigenvalue weighted by Crippen LogP contribution is -2.02. The van der Waals surface area contributed by atoms with Crippen LogP contribution < -0.4 is 15.9 Å². The lowest BCUT2D eigenvalue weighted by molar-refractivity contribution is 0.415. The first-order valence-corrected chi connectivity index (χ1v) is 3.18. The molecule has 2 N–H and O–H groups in total. The van der Waals surface area contributed by atoms with E-state index >= 15 is 0 Å². The summed E-state index contributed by atoms with van der Waals surface area (Å²) in [5, 5.41) is 0. The largest absolute Gasteiger partial charge is 0.497 e. The van der Waals surface area contributed by atoms with Gasteiger partial charge in [-0.25, -0.2) is 0 Å². The van der Waals surface area contributed by atoms with Crippen LogP contribution in [0.5, 0.6) is 5.75 Å². The molecule has 0 aliphatic heterocycles. The van der Waals surface area contributed by atoms with E-state index in [2.05, 4.69) is 0 Å². The Morgan fingerprint density at radius 3 is 2.82 bits per heavy atom. The van der Waals surface area contributed by atoms with E-state index in [9.17, 15) is 4.79 Å². The quantitative estimate of drug-likeness (QED) is 0.640. The predicted octanol–water partition coefficient (Wildman–Crippen LogP) is 0.638. The lowest BCUT2D eigenvalue weighted by Gasteiger charge is -1.92. The summed E-state index contributed by atoms with van der Waals surface area (Å²) in [6.07, 6.45) is 0. The van der Waals surface area contributed by atoms with Gasteiger partial charge in [-0.3, -0.25) is 4.79 Å². The second-order valence-corrected chi connectivity index (χ2v) is 2.10. The molecule has 0 aromatic heterocycles. The van der Waals surface area contributed by atoms with Gasteiger partial charge < -0.3 is 10.5 Å². The molecule has 0 spiro atoms. The summed E-state index contributed by atoms with van der Waals surface area (Å²) >= 11 is 0. The molecule has 0 unspecified atom stereocenters. The zero-order valence-electron chi connectivity index (χ0n) is 6.20. The summed E-state index contributed by atoms with van der Waals surface area (Å²) in [6, 6.07) is 6.19. The highest BCUT2D eigenvalue weighted by Crippen LogP contribution is 2.08. The van der Waals surface area contributed by atoms with E-state index in [4.69, 9.17) is 10.5 Å². The second kappa shape index (κ2) is 3.05. The summed E-state index contributed by atoms with van der Waals surface area (Å²) in [7, 11) is 1.53. The third-order valence-corrected chi connectivity index (χ3v) is 1.33. The van der Waals surface area contributed by atoms with Gasteiger partial charge in [-0.05, 0) is 12.1 Å². The van der Waals surface area contributed by atoms with Crippen LogP contribution in [0.25, 0.3) is 0 Å². The standard InChI is InChI=1S/C8H9NO2/c1-11-6-3-2-4-8(10)7(9)5-6/h2-5H,1H3,(H2,9,10). The fourth-order valence-electron chi connectivity index (χ4n) is 0.726. The van der Waals surface area contributed by atoms with Crippen LogP contribution in [-0.2, 0) is 0 Å². The molecule has 3 heteroatoms. The zero-order valence-corrected chi connectivity index (χ0v) is 6.20. The molecule has 0 amide bonds. The highest BCUT2D eigenvalue weighted by molar-refractivity contribution is 5.41. The number of ether oxygens (including phenoxy) is 1. The Bertz CT molecular complexity index is 309. The molecule has 0 aliphatic carbocycles. The zero-order chi connectivity index (χ0) is 8.27. The molecule has 0 saturated heterocycles. The van der Waals surface area contributed by atoms with E-state index < -0.39 is 0 Å². The van der Waals surface area contributed by atoms with Crippen LogP contribution in [0.2, 0.25) is 0 Å². The topological polar surface area (TPSA) is 52.3 Å². The van der Waals surface area contributed by atoms with E-state index in [0.29, 0.717) is 5.75 Å². The molecule has 58 valence electrons. The van der Waals surface area contributed by atoms with E-state index in [-0.39, 0.29) is 11.1 Å². The molecule has 0 radical (unpaired) electrons. The maximum Gasteiger partial charge on any atom is 0.201 e. The molecule has 1 rings (SSSR count). The lowest BCUT2D eigenvalue weighted by atomic mass is 10.4. The maximum absolute atomic E-state index is 10.9. The molecule has 0 heterocycles. The van der Waals surface area contributed by atoms with Gasteiger partial charge in [0.2, 0.25) is 5.43 Å². The van der Waals surface area contributed by atoms with Crippen molar-refractivity contribution in [1.82, 2.24) is 0 Å². The van der Waals surface area contributed by atoms with E-state index in [0.717, 1.165) is 0 Å². The van der Waals surface area contributed by atoms with Gasteiger partial charge in [0.05, 0.1) is 12.8 Å². The van der Waals surface area contributed by atoms with Gasteiger partial charge in [-0.2, -0.15) is 0 Å². The van der Waals surface area contributed by atoms with E-state index in [1.807, 2.05) is 0 Å². The monoisotopic (exact) mass is 151 g/mol. The number of hydrogen-bond acceptors (Lipinski definition) is 3. The van der Waals surface area contributed by atoms with Gasteiger partial charge >= 0.3 is 0 Å². The Balaban J connectivity index is 3.32. The fourth-order valence-corrected chi connectivity index (χ4v) is 0.726. The van der Waals surface area contributed by atoms with E-state index in [1.54, 1.807) is 12.1 Å². The van der Waals surface area contributed by atoms with Crippen molar-refractivity contribution in [3.8, 4) is 5.75 Å². The van der Waals surface area contributed by atoms with Crippen molar-refractivity contribution in [3.63, 3.8) is 0 Å². The molecule has 11 heavy (non-hydrogen) atoms. The van der Waals surface area contributed by atoms with Crippen molar-refractivity contribution in [1.29, 1.82) is 0 Å². The Hall–Kier alpha value is -1.51. The van der Waals surface area contributed by atoms with Gasteiger partial charge in [0.25, 0.3) is 0 Å². The molecule has 1 aromatic carbocycles. The van der Waals surface area contributed by atoms with Crippen LogP contribution in [0.1, 0.15) is 0 Å². The molecule has 0 bridgehead atoms. The van der Waals surface area contributed by atoms with Crippen molar-refractivity contribution < 1.29 is 4.74 Å². The third-order valence-electron chi connectivity index (χ3n) is 1.33. The third kappa shape index (κ3) is 1.70. The summed E-state index contributed by atoms with van der Waals surface area (Å²) in [4.78, 5) is 10.9. The molecular weight excluding hydrogens is 142 g/mol. The summed E-state index contributed by atoms with van der Waals surface area (Å²) in [5.74, 6) is 0.588.